The van der Waals surface area contributed by atoms with Crippen LogP contribution in [-0.2, 0) is 0 Å². The molecule has 1 saturated carbocycles. The first-order valence-electron chi connectivity index (χ1n) is 6.62. The highest BCUT2D eigenvalue weighted by Gasteiger charge is 2.16. The van der Waals surface area contributed by atoms with Gasteiger partial charge in [-0.15, -0.1) is 0 Å². The molecule has 2 aromatic carbocycles. The lowest BCUT2D eigenvalue weighted by Crippen LogP contribution is -2.36. The Hall–Kier alpha value is -2.49. The molecule has 4 nitrogen and oxygen atoms in total. The van der Waals surface area contributed by atoms with Crippen molar-refractivity contribution >= 4 is 16.7 Å². The van der Waals surface area contributed by atoms with Crippen molar-refractivity contribution in [3.63, 3.8) is 0 Å². The first kappa shape index (κ1) is 12.5. The second kappa shape index (κ2) is 4.89. The number of hydrazine groups is 1. The van der Waals surface area contributed by atoms with Crippen LogP contribution in [0.25, 0.3) is 10.8 Å². The zero-order valence-corrected chi connectivity index (χ0v) is 11.2. The summed E-state index contributed by atoms with van der Waals surface area (Å²) in [5, 5.41) is 11.8. The maximum absolute atomic E-state index is 12.1. The number of hydrogen-bond donors (Lipinski definition) is 3. The Morgan fingerprint density at radius 2 is 1.75 bits per heavy atom. The molecular weight excluding hydrogens is 252 g/mol. The highest BCUT2D eigenvalue weighted by Crippen LogP contribution is 2.30. The number of fused-ring (bicyclic) bond motifs is 1. The van der Waals surface area contributed by atoms with Gasteiger partial charge < -0.3 is 10.5 Å². The molecule has 1 aliphatic rings. The van der Waals surface area contributed by atoms with Crippen molar-refractivity contribution in [2.45, 2.75) is 19.8 Å². The molecule has 0 radical (unpaired) electrons. The Labute approximate surface area is 117 Å². The summed E-state index contributed by atoms with van der Waals surface area (Å²) in [4.78, 5) is 12.1. The Morgan fingerprint density at radius 1 is 1.10 bits per heavy atom. The molecule has 0 bridgehead atoms. The van der Waals surface area contributed by atoms with Crippen LogP contribution >= 0.6 is 0 Å². The predicted octanol–water partition coefficient (Wildman–Crippen LogP) is 2.85. The summed E-state index contributed by atoms with van der Waals surface area (Å²) in [5.74, 6) is -0.353. The molecule has 20 heavy (non-hydrogen) atoms. The normalized spacial score (nSPS) is 13.2. The summed E-state index contributed by atoms with van der Waals surface area (Å²) >= 11 is 0. The van der Waals surface area contributed by atoms with Crippen LogP contribution in [0.3, 0.4) is 0 Å². The van der Waals surface area contributed by atoms with Gasteiger partial charge in [0.15, 0.2) is 0 Å². The summed E-state index contributed by atoms with van der Waals surface area (Å²) in [6.07, 6.45) is 2.19. The molecule has 2 aromatic rings. The molecule has 0 spiro atoms. The molecule has 0 aliphatic heterocycles. The minimum absolute atomic E-state index is 0.0141. The smallest absolute Gasteiger partial charge is 0.273 e. The van der Waals surface area contributed by atoms with Crippen LogP contribution in [0.5, 0.6) is 5.75 Å². The molecule has 0 unspecified atom stereocenters. The fraction of sp³-hybridized carbons (Fsp3) is 0.188. The highest BCUT2D eigenvalue weighted by molar-refractivity contribution is 6.01. The second-order valence-electron chi connectivity index (χ2n) is 5.02. The van der Waals surface area contributed by atoms with E-state index in [2.05, 4.69) is 10.9 Å². The van der Waals surface area contributed by atoms with E-state index < -0.39 is 0 Å². The fourth-order valence-corrected chi connectivity index (χ4v) is 2.15. The number of rotatable bonds is 3. The van der Waals surface area contributed by atoms with Gasteiger partial charge in [0.2, 0.25) is 0 Å². The number of carbonyl (C=O) groups excluding carboxylic acids is 1. The molecule has 0 aromatic heterocycles. The van der Waals surface area contributed by atoms with Crippen LogP contribution in [-0.4, -0.2) is 11.0 Å². The summed E-state index contributed by atoms with van der Waals surface area (Å²) in [7, 11) is 0. The molecule has 102 valence electrons. The molecule has 0 saturated heterocycles. The van der Waals surface area contributed by atoms with Crippen LogP contribution < -0.4 is 10.9 Å². The molecular formula is C16H16N2O2. The monoisotopic (exact) mass is 268 g/mol. The van der Waals surface area contributed by atoms with E-state index in [1.165, 1.54) is 5.57 Å². The molecule has 3 rings (SSSR count). The first-order chi connectivity index (χ1) is 9.65. The van der Waals surface area contributed by atoms with E-state index in [1.54, 1.807) is 12.1 Å². The zero-order valence-electron chi connectivity index (χ0n) is 11.2. The van der Waals surface area contributed by atoms with Gasteiger partial charge in [0.25, 0.3) is 5.91 Å². The Morgan fingerprint density at radius 3 is 2.40 bits per heavy atom. The van der Waals surface area contributed by atoms with Gasteiger partial charge in [0.05, 0.1) is 5.56 Å². The lowest BCUT2D eigenvalue weighted by atomic mass is 10.1. The van der Waals surface area contributed by atoms with Gasteiger partial charge in [-0.2, -0.15) is 0 Å². The largest absolute Gasteiger partial charge is 0.507 e. The summed E-state index contributed by atoms with van der Waals surface area (Å²) < 4.78 is 0. The van der Waals surface area contributed by atoms with E-state index in [0.29, 0.717) is 0 Å². The van der Waals surface area contributed by atoms with Crippen LogP contribution in [0.1, 0.15) is 30.1 Å². The minimum atomic E-state index is -0.339. The number of allylic oxidation sites excluding steroid dienone is 2. The third kappa shape index (κ3) is 2.45. The standard InChI is InChI=1S/C16H16N2O2/c1-10(11-6-7-11)17-18-16(20)14-8-12-4-2-3-5-13(12)9-15(14)19/h2-5,8-9,17,19H,6-7H2,1H3,(H,18,20). The number of phenolic OH excluding ortho intramolecular Hbond substituents is 1. The average molecular weight is 268 g/mol. The third-order valence-corrected chi connectivity index (χ3v) is 3.50. The molecule has 3 N–H and O–H groups in total. The topological polar surface area (TPSA) is 61.4 Å². The van der Waals surface area contributed by atoms with Gasteiger partial charge in [-0.05, 0) is 48.2 Å². The van der Waals surface area contributed by atoms with Crippen LogP contribution in [0.2, 0.25) is 0 Å². The van der Waals surface area contributed by atoms with E-state index in [4.69, 9.17) is 0 Å². The SMILES string of the molecule is CC(NNC(=O)c1cc2ccccc2cc1O)=C1CC1. The van der Waals surface area contributed by atoms with Gasteiger partial charge in [0.1, 0.15) is 5.75 Å². The van der Waals surface area contributed by atoms with Gasteiger partial charge >= 0.3 is 0 Å². The second-order valence-corrected chi connectivity index (χ2v) is 5.02. The van der Waals surface area contributed by atoms with E-state index in [9.17, 15) is 9.90 Å². The van der Waals surface area contributed by atoms with E-state index in [-0.39, 0.29) is 17.2 Å². The maximum Gasteiger partial charge on any atom is 0.273 e. The first-order valence-corrected chi connectivity index (χ1v) is 6.62. The molecule has 4 heteroatoms. The molecule has 0 atom stereocenters. The number of aromatic hydroxyl groups is 1. The van der Waals surface area contributed by atoms with Crippen molar-refractivity contribution in [2.24, 2.45) is 0 Å². The summed E-state index contributed by atoms with van der Waals surface area (Å²) in [6, 6.07) is 10.9. The van der Waals surface area contributed by atoms with Crippen molar-refractivity contribution in [3.8, 4) is 5.75 Å². The van der Waals surface area contributed by atoms with E-state index in [0.717, 1.165) is 29.3 Å². The number of amides is 1. The molecule has 1 aliphatic carbocycles. The van der Waals surface area contributed by atoms with Crippen molar-refractivity contribution in [1.29, 1.82) is 0 Å². The van der Waals surface area contributed by atoms with Crippen molar-refractivity contribution < 1.29 is 9.90 Å². The quantitative estimate of drug-likeness (QED) is 0.750. The van der Waals surface area contributed by atoms with Crippen LogP contribution in [0.4, 0.5) is 0 Å². The van der Waals surface area contributed by atoms with Crippen LogP contribution in [0.15, 0.2) is 47.7 Å². The van der Waals surface area contributed by atoms with Crippen molar-refractivity contribution in [3.05, 3.63) is 53.2 Å². The summed E-state index contributed by atoms with van der Waals surface area (Å²) in [6.45, 7) is 1.93. The van der Waals surface area contributed by atoms with Gasteiger partial charge in [-0.3, -0.25) is 10.2 Å². The fourth-order valence-electron chi connectivity index (χ4n) is 2.15. The number of carbonyl (C=O) groups is 1. The molecule has 1 amide bonds. The molecule has 0 heterocycles. The Bertz CT molecular complexity index is 713. The van der Waals surface area contributed by atoms with Crippen molar-refractivity contribution in [2.75, 3.05) is 0 Å². The van der Waals surface area contributed by atoms with E-state index >= 15 is 0 Å². The highest BCUT2D eigenvalue weighted by atomic mass is 16.3. The lowest BCUT2D eigenvalue weighted by molar-refractivity contribution is 0.0936. The summed E-state index contributed by atoms with van der Waals surface area (Å²) in [5.41, 5.74) is 8.09. The minimum Gasteiger partial charge on any atom is -0.507 e. The van der Waals surface area contributed by atoms with Crippen LogP contribution in [0, 0.1) is 0 Å². The van der Waals surface area contributed by atoms with Gasteiger partial charge in [-0.1, -0.05) is 24.3 Å². The zero-order chi connectivity index (χ0) is 14.1. The number of hydrogen-bond acceptors (Lipinski definition) is 3. The predicted molar refractivity (Wildman–Crippen MR) is 78.1 cm³/mol. The van der Waals surface area contributed by atoms with Gasteiger partial charge in [-0.25, -0.2) is 0 Å². The number of phenols is 1. The Kier molecular flexibility index (Phi) is 3.06. The lowest BCUT2D eigenvalue weighted by Gasteiger charge is -2.10. The number of benzene rings is 2. The third-order valence-electron chi connectivity index (χ3n) is 3.50. The number of nitrogens with one attached hydrogen (secondary N) is 2. The van der Waals surface area contributed by atoms with Gasteiger partial charge in [0, 0.05) is 5.70 Å². The molecule has 1 fully saturated rings. The maximum atomic E-state index is 12.1. The van der Waals surface area contributed by atoms with Crippen molar-refractivity contribution in [1.82, 2.24) is 10.9 Å². The average Bonchev–Trinajstić information content (AvgIpc) is 3.28. The van der Waals surface area contributed by atoms with E-state index in [1.807, 2.05) is 31.2 Å². The Balaban J connectivity index is 1.83.